The van der Waals surface area contributed by atoms with Crippen LogP contribution in [-0.2, 0) is 19.1 Å². The van der Waals surface area contributed by atoms with Crippen LogP contribution in [0.1, 0.15) is 89.9 Å². The van der Waals surface area contributed by atoms with Gasteiger partial charge in [0, 0.05) is 11.1 Å². The third-order valence-electron chi connectivity index (χ3n) is 4.12. The molecule has 1 rings (SSSR count). The maximum atomic E-state index is 11.9. The molecule has 5 heteroatoms. The third kappa shape index (κ3) is 7.45. The molecule has 2 unspecified atom stereocenters. The van der Waals surface area contributed by atoms with E-state index in [-0.39, 0.29) is 0 Å². The number of carbonyl (C=O) groups excluding carboxylic acids is 2. The minimum absolute atomic E-state index is 0.347. The van der Waals surface area contributed by atoms with Crippen LogP contribution >= 0.6 is 0 Å². The topological polar surface area (TPSA) is 65.7 Å². The van der Waals surface area contributed by atoms with Gasteiger partial charge in [-0.3, -0.25) is 0 Å². The molecule has 0 amide bonds. The molecule has 1 aromatic rings. The van der Waals surface area contributed by atoms with Crippen LogP contribution in [0.4, 0.5) is 0 Å². The van der Waals surface area contributed by atoms with Gasteiger partial charge >= 0.3 is 11.9 Å². The Morgan fingerprint density at radius 3 is 1.56 bits per heavy atom. The normalized spacial score (nSPS) is 12.9. The maximum Gasteiger partial charge on any atom is 0.333 e. The number of ether oxygens (including phenoxy) is 2. The molecular formula is C22H32O5. The second kappa shape index (κ2) is 11.4. The van der Waals surface area contributed by atoms with E-state index in [1.165, 1.54) is 0 Å². The molecule has 0 bridgehead atoms. The molecule has 5 nitrogen and oxygen atoms in total. The van der Waals surface area contributed by atoms with Gasteiger partial charge in [0.15, 0.2) is 12.2 Å². The molecule has 1 aromatic heterocycles. The highest BCUT2D eigenvalue weighted by Crippen LogP contribution is 2.32. The quantitative estimate of drug-likeness (QED) is 0.331. The Morgan fingerprint density at radius 2 is 1.26 bits per heavy atom. The summed E-state index contributed by atoms with van der Waals surface area (Å²) in [6.45, 7) is 14.6. The third-order valence-corrected chi connectivity index (χ3v) is 4.12. The molecule has 0 aliphatic rings. The molecule has 0 saturated heterocycles. The second-order valence-electron chi connectivity index (χ2n) is 6.87. The minimum atomic E-state index is -0.480. The van der Waals surface area contributed by atoms with Crippen molar-refractivity contribution in [3.8, 4) is 0 Å². The molecule has 0 N–H and O–H groups in total. The first-order valence-corrected chi connectivity index (χ1v) is 9.62. The van der Waals surface area contributed by atoms with Crippen molar-refractivity contribution in [2.45, 2.75) is 78.4 Å². The lowest BCUT2D eigenvalue weighted by molar-refractivity contribution is -0.146. The number of hydrogen-bond donors (Lipinski definition) is 0. The predicted molar refractivity (Wildman–Crippen MR) is 105 cm³/mol. The number of rotatable bonds is 12. The summed E-state index contributed by atoms with van der Waals surface area (Å²) in [5, 5.41) is 0. The second-order valence-corrected chi connectivity index (χ2v) is 6.87. The molecule has 150 valence electrons. The van der Waals surface area contributed by atoms with Crippen LogP contribution in [0, 0.1) is 0 Å². The van der Waals surface area contributed by atoms with Crippen molar-refractivity contribution in [1.29, 1.82) is 0 Å². The van der Waals surface area contributed by atoms with Gasteiger partial charge in [-0.1, -0.05) is 39.8 Å². The fraction of sp³-hybridized carbons (Fsp3) is 0.545. The van der Waals surface area contributed by atoms with Gasteiger partial charge in [0.05, 0.1) is 0 Å². The van der Waals surface area contributed by atoms with Crippen molar-refractivity contribution in [3.63, 3.8) is 0 Å². The molecule has 0 fully saturated rings. The van der Waals surface area contributed by atoms with E-state index in [4.69, 9.17) is 13.9 Å². The van der Waals surface area contributed by atoms with Gasteiger partial charge in [-0.15, -0.1) is 0 Å². The van der Waals surface area contributed by atoms with Gasteiger partial charge in [0.2, 0.25) is 0 Å². The number of unbranched alkanes of at least 4 members (excludes halogenated alkanes) is 2. The molecule has 0 spiro atoms. The van der Waals surface area contributed by atoms with Gasteiger partial charge < -0.3 is 13.9 Å². The largest absolute Gasteiger partial charge is 0.458 e. The summed E-state index contributed by atoms with van der Waals surface area (Å²) in [5.41, 5.74) is 0.693. The lowest BCUT2D eigenvalue weighted by atomic mass is 10.1. The molecule has 0 aliphatic heterocycles. The van der Waals surface area contributed by atoms with Crippen LogP contribution in [0.25, 0.3) is 0 Å². The summed E-state index contributed by atoms with van der Waals surface area (Å²) in [5.74, 6) is 0.234. The Labute approximate surface area is 162 Å². The number of hydrogen-bond acceptors (Lipinski definition) is 5. The van der Waals surface area contributed by atoms with E-state index in [1.54, 1.807) is 26.0 Å². The van der Waals surface area contributed by atoms with E-state index < -0.39 is 24.1 Å². The molecule has 0 radical (unpaired) electrons. The van der Waals surface area contributed by atoms with E-state index in [0.717, 1.165) is 25.7 Å². The number of furan rings is 1. The SMILES string of the molecule is C=C(C)C(=O)OC(CCCC)c1ccc(C(CCCC)OC(=O)C(=C)C)o1. The van der Waals surface area contributed by atoms with Crippen molar-refractivity contribution in [3.05, 3.63) is 48.0 Å². The summed E-state index contributed by atoms with van der Waals surface area (Å²) >= 11 is 0. The molecule has 1 heterocycles. The lowest BCUT2D eigenvalue weighted by Gasteiger charge is -2.17. The van der Waals surface area contributed by atoms with Gasteiger partial charge in [-0.25, -0.2) is 9.59 Å². The summed E-state index contributed by atoms with van der Waals surface area (Å²) in [4.78, 5) is 23.9. The average molecular weight is 376 g/mol. The molecular weight excluding hydrogens is 344 g/mol. The van der Waals surface area contributed by atoms with Crippen LogP contribution < -0.4 is 0 Å². The highest BCUT2D eigenvalue weighted by atomic mass is 16.6. The summed E-state index contributed by atoms with van der Waals surface area (Å²) in [7, 11) is 0. The Morgan fingerprint density at radius 1 is 0.889 bits per heavy atom. The van der Waals surface area contributed by atoms with Gasteiger partial charge in [0.1, 0.15) is 11.5 Å². The first-order chi connectivity index (χ1) is 12.8. The van der Waals surface area contributed by atoms with Crippen LogP contribution in [0.3, 0.4) is 0 Å². The van der Waals surface area contributed by atoms with Gasteiger partial charge in [0.25, 0.3) is 0 Å². The molecule has 2 atom stereocenters. The standard InChI is InChI=1S/C22H32O5/c1-7-9-11-17(26-21(23)15(3)4)19-13-14-20(25-19)18(12-10-8-2)27-22(24)16(5)6/h13-14,17-18H,3,5,7-12H2,1-2,4,6H3. The van der Waals surface area contributed by atoms with Crippen LogP contribution in [-0.4, -0.2) is 11.9 Å². The fourth-order valence-electron chi connectivity index (χ4n) is 2.47. The first kappa shape index (κ1) is 22.7. The van der Waals surface area contributed by atoms with E-state index in [1.807, 2.05) is 0 Å². The predicted octanol–water partition coefficient (Wildman–Crippen LogP) is 5.98. The molecule has 0 aromatic carbocycles. The number of esters is 2. The Balaban J connectivity index is 3.01. The zero-order valence-corrected chi connectivity index (χ0v) is 17.0. The summed E-state index contributed by atoms with van der Waals surface area (Å²) in [6.07, 6.45) is 4.11. The maximum absolute atomic E-state index is 11.9. The zero-order valence-electron chi connectivity index (χ0n) is 17.0. The minimum Gasteiger partial charge on any atom is -0.458 e. The van der Waals surface area contributed by atoms with Gasteiger partial charge in [-0.2, -0.15) is 0 Å². The Hall–Kier alpha value is -2.30. The van der Waals surface area contributed by atoms with E-state index in [9.17, 15) is 9.59 Å². The molecule has 0 aliphatic carbocycles. The number of carbonyl (C=O) groups is 2. The van der Waals surface area contributed by atoms with Crippen molar-refractivity contribution in [2.24, 2.45) is 0 Å². The fourth-order valence-corrected chi connectivity index (χ4v) is 2.47. The first-order valence-electron chi connectivity index (χ1n) is 9.62. The van der Waals surface area contributed by atoms with Crippen LogP contribution in [0.5, 0.6) is 0 Å². The van der Waals surface area contributed by atoms with Crippen molar-refractivity contribution >= 4 is 11.9 Å². The monoisotopic (exact) mass is 376 g/mol. The Kier molecular flexibility index (Phi) is 9.62. The van der Waals surface area contributed by atoms with Crippen LogP contribution in [0.2, 0.25) is 0 Å². The lowest BCUT2D eigenvalue weighted by Crippen LogP contribution is -2.12. The van der Waals surface area contributed by atoms with Gasteiger partial charge in [-0.05, 0) is 51.7 Å². The smallest absolute Gasteiger partial charge is 0.333 e. The molecule has 0 saturated carbocycles. The highest BCUT2D eigenvalue weighted by Gasteiger charge is 2.25. The van der Waals surface area contributed by atoms with Crippen molar-refractivity contribution < 1.29 is 23.5 Å². The van der Waals surface area contributed by atoms with Crippen LogP contribution in [0.15, 0.2) is 40.9 Å². The van der Waals surface area contributed by atoms with E-state index in [0.29, 0.717) is 35.5 Å². The van der Waals surface area contributed by atoms with Crippen molar-refractivity contribution in [1.82, 2.24) is 0 Å². The highest BCUT2D eigenvalue weighted by molar-refractivity contribution is 5.87. The van der Waals surface area contributed by atoms with E-state index >= 15 is 0 Å². The Bertz CT molecular complexity index is 601. The summed E-state index contributed by atoms with van der Waals surface area (Å²) < 4.78 is 17.0. The average Bonchev–Trinajstić information content (AvgIpc) is 3.11. The molecule has 27 heavy (non-hydrogen) atoms. The summed E-state index contributed by atoms with van der Waals surface area (Å²) in [6, 6.07) is 3.57. The zero-order chi connectivity index (χ0) is 20.4. The van der Waals surface area contributed by atoms with Crippen molar-refractivity contribution in [2.75, 3.05) is 0 Å². The van der Waals surface area contributed by atoms with E-state index in [2.05, 4.69) is 27.0 Å².